The molecule has 0 bridgehead atoms. The molecule has 0 saturated heterocycles. The molecule has 0 N–H and O–H groups in total. The second-order valence-corrected chi connectivity index (χ2v) is 18.5. The molecule has 0 radical (unpaired) electrons. The van der Waals surface area contributed by atoms with E-state index in [2.05, 4.69) is 57.1 Å². The number of hydrogen-bond acceptors (Lipinski definition) is 4. The van der Waals surface area contributed by atoms with Gasteiger partial charge in [0, 0.05) is 22.2 Å². The van der Waals surface area contributed by atoms with Crippen LogP contribution < -0.4 is 18.9 Å². The minimum absolute atomic E-state index is 0.0477. The molecular weight excluding hydrogens is 839 g/mol. The fraction of sp³-hybridized carbons (Fsp3) is 0.478. The van der Waals surface area contributed by atoms with Crippen LogP contribution in [-0.2, 0) is 21.7 Å². The highest BCUT2D eigenvalue weighted by atomic mass is 35.5. The van der Waals surface area contributed by atoms with Crippen LogP contribution in [0.4, 0.5) is 35.1 Å². The van der Waals surface area contributed by atoms with E-state index < -0.39 is 29.7 Å². The van der Waals surface area contributed by atoms with Crippen molar-refractivity contribution in [2.75, 3.05) is 13.2 Å². The highest BCUT2D eigenvalue weighted by Gasteiger charge is 2.33. The largest absolute Gasteiger partial charge is 0.573 e. The van der Waals surface area contributed by atoms with Crippen molar-refractivity contribution in [2.45, 2.75) is 131 Å². The maximum atomic E-state index is 13.2. The summed E-state index contributed by atoms with van der Waals surface area (Å²) < 4.78 is 116. The van der Waals surface area contributed by atoms with Crippen LogP contribution in [0.15, 0.2) is 72.8 Å². The van der Waals surface area contributed by atoms with Crippen molar-refractivity contribution < 1.29 is 54.1 Å². The van der Waals surface area contributed by atoms with Gasteiger partial charge in [0.2, 0.25) is 0 Å². The molecule has 0 aliphatic rings. The van der Waals surface area contributed by atoms with E-state index in [9.17, 15) is 35.1 Å². The van der Waals surface area contributed by atoms with Crippen LogP contribution in [0.2, 0.25) is 10.0 Å². The van der Waals surface area contributed by atoms with Gasteiger partial charge in [-0.15, -0.1) is 26.3 Å². The van der Waals surface area contributed by atoms with E-state index in [1.165, 1.54) is 29.8 Å². The van der Waals surface area contributed by atoms with Crippen LogP contribution >= 0.6 is 23.2 Å². The summed E-state index contributed by atoms with van der Waals surface area (Å²) in [7, 11) is 0. The minimum Gasteiger partial charge on any atom is -0.494 e. The van der Waals surface area contributed by atoms with Gasteiger partial charge < -0.3 is 18.9 Å². The molecule has 0 fully saturated rings. The highest BCUT2D eigenvalue weighted by Crippen LogP contribution is 2.34. The molecule has 0 atom stereocenters. The average molecular weight is 898 g/mol. The number of halogens is 10. The summed E-state index contributed by atoms with van der Waals surface area (Å²) in [6, 6.07) is 18.0. The summed E-state index contributed by atoms with van der Waals surface area (Å²) in [5.74, 6) is -0.336. The SMILES string of the molecule is CC(C)(C)c1cc(Cl)cc(OC(F)(F)F)c1.CC(C)(C)c1cc(F)cc(OC(F)(F)F)c1.CCOc1cc(Cl)cc(C(C)(C)C)c1.CCOc1cc(F)cc(C(C)(C)C)c1. The zero-order valence-electron chi connectivity index (χ0n) is 36.8. The Morgan fingerprint density at radius 2 is 0.633 bits per heavy atom. The Morgan fingerprint density at radius 1 is 0.383 bits per heavy atom. The summed E-state index contributed by atoms with van der Waals surface area (Å²) >= 11 is 11.7. The number of hydrogen-bond donors (Lipinski definition) is 0. The Bertz CT molecular complexity index is 1810. The lowest BCUT2D eigenvalue weighted by Crippen LogP contribution is -2.18. The van der Waals surface area contributed by atoms with Crippen LogP contribution in [0.25, 0.3) is 0 Å². The number of rotatable bonds is 6. The smallest absolute Gasteiger partial charge is 0.494 e. The first-order valence-electron chi connectivity index (χ1n) is 19.0. The Morgan fingerprint density at radius 3 is 0.933 bits per heavy atom. The molecule has 0 aliphatic carbocycles. The Balaban J connectivity index is 0.000000401. The van der Waals surface area contributed by atoms with Crippen molar-refractivity contribution >= 4 is 23.2 Å². The van der Waals surface area contributed by atoms with E-state index in [1.54, 1.807) is 32.9 Å². The zero-order valence-corrected chi connectivity index (χ0v) is 38.3. The van der Waals surface area contributed by atoms with Crippen molar-refractivity contribution in [3.63, 3.8) is 0 Å². The van der Waals surface area contributed by atoms with Gasteiger partial charge in [-0.3, -0.25) is 0 Å². The van der Waals surface area contributed by atoms with Gasteiger partial charge in [0.15, 0.2) is 0 Å². The zero-order chi connectivity index (χ0) is 46.7. The molecule has 4 nitrogen and oxygen atoms in total. The van der Waals surface area contributed by atoms with Crippen molar-refractivity contribution in [1.82, 2.24) is 0 Å². The van der Waals surface area contributed by atoms with E-state index in [0.29, 0.717) is 36.2 Å². The Hall–Kier alpha value is -3.90. The number of benzene rings is 4. The van der Waals surface area contributed by atoms with Gasteiger partial charge in [-0.25, -0.2) is 8.78 Å². The highest BCUT2D eigenvalue weighted by molar-refractivity contribution is 6.31. The summed E-state index contributed by atoms with van der Waals surface area (Å²) in [4.78, 5) is 0. The number of alkyl halides is 6. The van der Waals surface area contributed by atoms with Crippen LogP contribution in [-0.4, -0.2) is 25.9 Å². The lowest BCUT2D eigenvalue weighted by atomic mass is 9.87. The molecule has 0 heterocycles. The first-order chi connectivity index (χ1) is 27.0. The van der Waals surface area contributed by atoms with E-state index in [-0.39, 0.29) is 32.8 Å². The topological polar surface area (TPSA) is 36.9 Å². The van der Waals surface area contributed by atoms with E-state index >= 15 is 0 Å². The molecular formula is C46H58Cl2F8O4. The molecule has 60 heavy (non-hydrogen) atoms. The molecule has 0 aliphatic heterocycles. The van der Waals surface area contributed by atoms with Crippen LogP contribution in [0, 0.1) is 11.6 Å². The van der Waals surface area contributed by atoms with Gasteiger partial charge in [0.1, 0.15) is 34.6 Å². The summed E-state index contributed by atoms with van der Waals surface area (Å²) in [5.41, 5.74) is 2.64. The minimum atomic E-state index is -4.80. The second kappa shape index (κ2) is 21.8. The Kier molecular flexibility index (Phi) is 19.6. The lowest BCUT2D eigenvalue weighted by Gasteiger charge is -2.20. The van der Waals surface area contributed by atoms with Gasteiger partial charge in [-0.2, -0.15) is 0 Å². The maximum Gasteiger partial charge on any atom is 0.573 e. The predicted octanol–water partition coefficient (Wildman–Crippen LogP) is 16.1. The molecule has 14 heteroatoms. The van der Waals surface area contributed by atoms with E-state index in [0.717, 1.165) is 22.4 Å². The predicted molar refractivity (Wildman–Crippen MR) is 226 cm³/mol. The molecule has 4 aromatic carbocycles. The maximum absolute atomic E-state index is 13.2. The first-order valence-corrected chi connectivity index (χ1v) is 19.8. The molecule has 0 amide bonds. The van der Waals surface area contributed by atoms with Crippen molar-refractivity contribution in [3.8, 4) is 23.0 Å². The van der Waals surface area contributed by atoms with E-state index in [4.69, 9.17) is 32.7 Å². The summed E-state index contributed by atoms with van der Waals surface area (Å²) in [6.07, 6.45) is -9.50. The Labute approximate surface area is 360 Å². The van der Waals surface area contributed by atoms with Gasteiger partial charge in [-0.05, 0) is 118 Å². The van der Waals surface area contributed by atoms with Crippen LogP contribution in [0.3, 0.4) is 0 Å². The third-order valence-electron chi connectivity index (χ3n) is 8.04. The van der Waals surface area contributed by atoms with Crippen molar-refractivity contribution in [2.24, 2.45) is 0 Å². The summed E-state index contributed by atoms with van der Waals surface area (Å²) in [6.45, 7) is 28.7. The fourth-order valence-corrected chi connectivity index (χ4v) is 5.32. The third-order valence-corrected chi connectivity index (χ3v) is 8.47. The number of ether oxygens (including phenoxy) is 4. The second-order valence-electron chi connectivity index (χ2n) is 17.7. The normalized spacial score (nSPS) is 12.1. The molecule has 4 aromatic rings. The summed E-state index contributed by atoms with van der Waals surface area (Å²) in [5, 5.41) is 0.965. The quantitative estimate of drug-likeness (QED) is 0.181. The average Bonchev–Trinajstić information content (AvgIpc) is 3.02. The molecule has 4 rings (SSSR count). The molecule has 336 valence electrons. The van der Waals surface area contributed by atoms with Crippen molar-refractivity contribution in [1.29, 1.82) is 0 Å². The molecule has 0 aromatic heterocycles. The lowest BCUT2D eigenvalue weighted by molar-refractivity contribution is -0.275. The standard InChI is InChI=1S/C12H17ClO.C12H17FO.C11H12ClF3O.C11H12F4O/c2*1-5-14-11-7-9(12(2,3)4)6-10(13)8-11;2*1-10(2,3)7-4-8(12)6-9(5-7)16-11(13,14)15/h2*6-8H,5H2,1-4H3;2*4-6H,1-3H3. The van der Waals surface area contributed by atoms with Crippen LogP contribution in [0.1, 0.15) is 119 Å². The molecule has 0 unspecified atom stereocenters. The van der Waals surface area contributed by atoms with Crippen LogP contribution in [0.5, 0.6) is 23.0 Å². The molecule has 0 spiro atoms. The van der Waals surface area contributed by atoms with E-state index in [1.807, 2.05) is 52.8 Å². The fourth-order valence-electron chi connectivity index (χ4n) is 4.87. The third kappa shape index (κ3) is 21.6. The first kappa shape index (κ1) is 54.1. The van der Waals surface area contributed by atoms with Gasteiger partial charge >= 0.3 is 12.7 Å². The van der Waals surface area contributed by atoms with Gasteiger partial charge in [0.25, 0.3) is 0 Å². The monoisotopic (exact) mass is 896 g/mol. The molecule has 0 saturated carbocycles. The van der Waals surface area contributed by atoms with Crippen molar-refractivity contribution in [3.05, 3.63) is 117 Å². The van der Waals surface area contributed by atoms with Gasteiger partial charge in [-0.1, -0.05) is 106 Å². The van der Waals surface area contributed by atoms with Gasteiger partial charge in [0.05, 0.1) is 13.2 Å².